The van der Waals surface area contributed by atoms with Gasteiger partial charge in [-0.15, -0.1) is 0 Å². The maximum Gasteiger partial charge on any atom is 0.250 e. The van der Waals surface area contributed by atoms with E-state index < -0.39 is 5.91 Å². The second kappa shape index (κ2) is 8.09. The van der Waals surface area contributed by atoms with Crippen molar-refractivity contribution in [2.75, 3.05) is 19.5 Å². The zero-order valence-electron chi connectivity index (χ0n) is 13.5. The molecule has 1 rings (SSSR count). The molecule has 0 spiro atoms. The minimum atomic E-state index is -0.578. The van der Waals surface area contributed by atoms with Crippen molar-refractivity contribution in [3.8, 4) is 0 Å². The fraction of sp³-hybridized carbons (Fsp3) is 0.312. The number of benzene rings is 1. The topological polar surface area (TPSA) is 131 Å². The Balaban J connectivity index is 2.94. The van der Waals surface area contributed by atoms with Crippen LogP contribution in [-0.2, 0) is 9.53 Å². The molecule has 0 aliphatic carbocycles. The lowest BCUT2D eigenvalue weighted by Gasteiger charge is -2.14. The number of amides is 2. The Kier molecular flexibility index (Phi) is 6.47. The standard InChI is InChI=1S/C16H22N4O3/c1-9(6-10(2)20-14(21)8-23-3)15(18)12-7-11(16(19)22)4-5-13(12)17/h4-7,9,18H,8,17H2,1-3H3,(H2,19,22)(H,20,21)/b10-6+,18-15?. The van der Waals surface area contributed by atoms with Gasteiger partial charge in [0.2, 0.25) is 11.8 Å². The van der Waals surface area contributed by atoms with Crippen molar-refractivity contribution >= 4 is 23.2 Å². The number of rotatable bonds is 7. The summed E-state index contributed by atoms with van der Waals surface area (Å²) < 4.78 is 4.74. The van der Waals surface area contributed by atoms with E-state index in [0.717, 1.165) is 0 Å². The summed E-state index contributed by atoms with van der Waals surface area (Å²) >= 11 is 0. The number of allylic oxidation sites excluding steroid dienone is 2. The Bertz CT molecular complexity index is 653. The first-order valence-corrected chi connectivity index (χ1v) is 7.01. The van der Waals surface area contributed by atoms with Crippen molar-refractivity contribution in [3.63, 3.8) is 0 Å². The molecule has 1 atom stereocenters. The van der Waals surface area contributed by atoms with Crippen LogP contribution in [0.4, 0.5) is 5.69 Å². The van der Waals surface area contributed by atoms with Gasteiger partial charge in [0, 0.05) is 41.3 Å². The second-order valence-electron chi connectivity index (χ2n) is 5.20. The van der Waals surface area contributed by atoms with Crippen LogP contribution in [0.3, 0.4) is 0 Å². The summed E-state index contributed by atoms with van der Waals surface area (Å²) in [6.45, 7) is 3.48. The molecule has 1 aromatic carbocycles. The fourth-order valence-electron chi connectivity index (χ4n) is 2.08. The van der Waals surface area contributed by atoms with Gasteiger partial charge in [-0.3, -0.25) is 9.59 Å². The Morgan fingerprint density at radius 2 is 2.09 bits per heavy atom. The van der Waals surface area contributed by atoms with Crippen LogP contribution in [0.25, 0.3) is 0 Å². The molecule has 1 unspecified atom stereocenters. The maximum absolute atomic E-state index is 11.4. The van der Waals surface area contributed by atoms with Crippen molar-refractivity contribution in [1.82, 2.24) is 5.32 Å². The lowest BCUT2D eigenvalue weighted by molar-refractivity contribution is -0.124. The summed E-state index contributed by atoms with van der Waals surface area (Å²) in [5.41, 5.74) is 13.1. The number of methoxy groups -OCH3 is 1. The summed E-state index contributed by atoms with van der Waals surface area (Å²) in [5, 5.41) is 10.9. The molecule has 0 saturated heterocycles. The van der Waals surface area contributed by atoms with E-state index in [0.29, 0.717) is 22.5 Å². The van der Waals surface area contributed by atoms with E-state index in [2.05, 4.69) is 5.32 Å². The number of hydrogen-bond acceptors (Lipinski definition) is 5. The molecule has 2 amide bonds. The van der Waals surface area contributed by atoms with Gasteiger partial charge in [-0.1, -0.05) is 13.0 Å². The molecule has 1 aromatic rings. The van der Waals surface area contributed by atoms with Crippen LogP contribution in [0.15, 0.2) is 30.0 Å². The van der Waals surface area contributed by atoms with E-state index in [9.17, 15) is 9.59 Å². The molecule has 0 saturated carbocycles. The molecule has 0 aliphatic heterocycles. The highest BCUT2D eigenvalue weighted by molar-refractivity contribution is 6.07. The van der Waals surface area contributed by atoms with Gasteiger partial charge in [0.1, 0.15) is 6.61 Å². The van der Waals surface area contributed by atoms with Gasteiger partial charge in [-0.25, -0.2) is 0 Å². The summed E-state index contributed by atoms with van der Waals surface area (Å²) in [7, 11) is 1.44. The average Bonchev–Trinajstić information content (AvgIpc) is 2.46. The molecule has 124 valence electrons. The van der Waals surface area contributed by atoms with Crippen LogP contribution in [0.1, 0.15) is 29.8 Å². The van der Waals surface area contributed by atoms with Gasteiger partial charge < -0.3 is 26.9 Å². The third-order valence-corrected chi connectivity index (χ3v) is 3.20. The molecule has 0 heterocycles. The zero-order valence-corrected chi connectivity index (χ0v) is 13.5. The largest absolute Gasteiger partial charge is 0.398 e. The Morgan fingerprint density at radius 1 is 1.43 bits per heavy atom. The van der Waals surface area contributed by atoms with E-state index in [1.54, 1.807) is 26.0 Å². The monoisotopic (exact) mass is 318 g/mol. The van der Waals surface area contributed by atoms with Gasteiger partial charge in [0.25, 0.3) is 0 Å². The Hall–Kier alpha value is -2.67. The van der Waals surface area contributed by atoms with E-state index >= 15 is 0 Å². The first-order valence-electron chi connectivity index (χ1n) is 7.01. The molecular weight excluding hydrogens is 296 g/mol. The highest BCUT2D eigenvalue weighted by Gasteiger charge is 2.14. The van der Waals surface area contributed by atoms with Gasteiger partial charge >= 0.3 is 0 Å². The molecule has 23 heavy (non-hydrogen) atoms. The first-order chi connectivity index (χ1) is 10.8. The summed E-state index contributed by atoms with van der Waals surface area (Å²) in [5.74, 6) is -1.16. The van der Waals surface area contributed by atoms with Crippen LogP contribution in [0.2, 0.25) is 0 Å². The molecule has 6 N–H and O–H groups in total. The zero-order chi connectivity index (χ0) is 17.6. The first kappa shape index (κ1) is 18.4. The van der Waals surface area contributed by atoms with E-state index in [4.69, 9.17) is 21.6 Å². The molecule has 0 radical (unpaired) electrons. The number of ether oxygens (including phenoxy) is 1. The van der Waals surface area contributed by atoms with E-state index in [-0.39, 0.29) is 24.1 Å². The normalized spacial score (nSPS) is 12.6. The molecule has 0 aromatic heterocycles. The molecule has 7 nitrogen and oxygen atoms in total. The van der Waals surface area contributed by atoms with Crippen LogP contribution >= 0.6 is 0 Å². The predicted molar refractivity (Wildman–Crippen MR) is 89.1 cm³/mol. The van der Waals surface area contributed by atoms with E-state index in [1.165, 1.54) is 19.2 Å². The molecule has 7 heteroatoms. The predicted octanol–water partition coefficient (Wildman–Crippen LogP) is 1.04. The van der Waals surface area contributed by atoms with Crippen molar-refractivity contribution in [2.24, 2.45) is 11.7 Å². The molecule has 0 fully saturated rings. The van der Waals surface area contributed by atoms with Crippen molar-refractivity contribution in [1.29, 1.82) is 5.41 Å². The highest BCUT2D eigenvalue weighted by atomic mass is 16.5. The smallest absolute Gasteiger partial charge is 0.250 e. The second-order valence-corrected chi connectivity index (χ2v) is 5.20. The van der Waals surface area contributed by atoms with Crippen LogP contribution in [0, 0.1) is 11.3 Å². The quantitative estimate of drug-likeness (QED) is 0.442. The molecule has 0 bridgehead atoms. The number of hydrogen-bond donors (Lipinski definition) is 4. The number of nitrogen functional groups attached to an aromatic ring is 1. The third kappa shape index (κ3) is 5.23. The Labute approximate surface area is 135 Å². The maximum atomic E-state index is 11.4. The molecular formula is C16H22N4O3. The van der Waals surface area contributed by atoms with Gasteiger partial charge in [-0.05, 0) is 25.1 Å². The SMILES string of the molecule is COCC(=O)N/C(C)=C/C(C)C(=N)c1cc(C(N)=O)ccc1N. The number of primary amides is 1. The van der Waals surface area contributed by atoms with Gasteiger partial charge in [0.15, 0.2) is 0 Å². The summed E-state index contributed by atoms with van der Waals surface area (Å²) in [6.07, 6.45) is 1.73. The van der Waals surface area contributed by atoms with Crippen LogP contribution < -0.4 is 16.8 Å². The van der Waals surface area contributed by atoms with Crippen molar-refractivity contribution in [2.45, 2.75) is 13.8 Å². The average molecular weight is 318 g/mol. The lowest BCUT2D eigenvalue weighted by Crippen LogP contribution is -2.26. The molecule has 0 aliphatic rings. The van der Waals surface area contributed by atoms with Crippen LogP contribution in [0.5, 0.6) is 0 Å². The number of nitrogens with one attached hydrogen (secondary N) is 2. The number of carbonyl (C=O) groups excluding carboxylic acids is 2. The Morgan fingerprint density at radius 3 is 2.65 bits per heavy atom. The fourth-order valence-corrected chi connectivity index (χ4v) is 2.08. The van der Waals surface area contributed by atoms with E-state index in [1.807, 2.05) is 0 Å². The lowest BCUT2D eigenvalue weighted by atomic mass is 9.94. The van der Waals surface area contributed by atoms with Crippen LogP contribution in [-0.4, -0.2) is 31.2 Å². The third-order valence-electron chi connectivity index (χ3n) is 3.20. The number of carbonyl (C=O) groups is 2. The van der Waals surface area contributed by atoms with Crippen molar-refractivity contribution in [3.05, 3.63) is 41.1 Å². The summed E-state index contributed by atoms with van der Waals surface area (Å²) in [4.78, 5) is 22.7. The number of anilines is 1. The summed E-state index contributed by atoms with van der Waals surface area (Å²) in [6, 6.07) is 4.57. The van der Waals surface area contributed by atoms with Gasteiger partial charge in [-0.2, -0.15) is 0 Å². The van der Waals surface area contributed by atoms with Gasteiger partial charge in [0.05, 0.1) is 0 Å². The number of nitrogens with two attached hydrogens (primary N) is 2. The highest BCUT2D eigenvalue weighted by Crippen LogP contribution is 2.19. The van der Waals surface area contributed by atoms with Crippen molar-refractivity contribution < 1.29 is 14.3 Å². The minimum absolute atomic E-state index is 0.0371. The minimum Gasteiger partial charge on any atom is -0.398 e.